The van der Waals surface area contributed by atoms with Crippen molar-refractivity contribution < 1.29 is 4.39 Å². The second kappa shape index (κ2) is 13.3. The zero-order valence-corrected chi connectivity index (χ0v) is 21.9. The normalized spacial score (nSPS) is 15.5. The summed E-state index contributed by atoms with van der Waals surface area (Å²) in [6, 6.07) is 7.08. The maximum atomic E-state index is 13.9. The fourth-order valence-electron chi connectivity index (χ4n) is 3.69. The number of nitrogens with one attached hydrogen (secondary N) is 2. The third-order valence-corrected chi connectivity index (χ3v) is 6.75. The Labute approximate surface area is 207 Å². The van der Waals surface area contributed by atoms with Crippen LogP contribution in [0.15, 0.2) is 29.3 Å². The fourth-order valence-corrected chi connectivity index (χ4v) is 4.62. The van der Waals surface area contributed by atoms with Crippen molar-refractivity contribution >= 4 is 41.3 Å². The Balaban J connectivity index is 0.00000341. The van der Waals surface area contributed by atoms with Crippen molar-refractivity contribution in [1.29, 1.82) is 0 Å². The molecule has 0 bridgehead atoms. The Morgan fingerprint density at radius 2 is 1.97 bits per heavy atom. The predicted octanol–water partition coefficient (Wildman–Crippen LogP) is 4.53. The van der Waals surface area contributed by atoms with Gasteiger partial charge < -0.3 is 10.6 Å². The summed E-state index contributed by atoms with van der Waals surface area (Å²) >= 11 is 1.78. The molecule has 3 rings (SSSR count). The van der Waals surface area contributed by atoms with Gasteiger partial charge in [0.25, 0.3) is 0 Å². The van der Waals surface area contributed by atoms with Crippen LogP contribution < -0.4 is 10.6 Å². The molecule has 172 valence electrons. The molecule has 0 atom stereocenters. The first kappa shape index (κ1) is 26.0. The lowest BCUT2D eigenvalue weighted by atomic mass is 9.96. The van der Waals surface area contributed by atoms with Crippen molar-refractivity contribution in [1.82, 2.24) is 20.5 Å². The molecular formula is C23H35FIN5S. The van der Waals surface area contributed by atoms with Crippen LogP contribution in [-0.2, 0) is 13.0 Å². The lowest BCUT2D eigenvalue weighted by molar-refractivity contribution is 0.179. The molecule has 2 aromatic rings. The van der Waals surface area contributed by atoms with Crippen LogP contribution in [-0.4, -0.2) is 48.6 Å². The molecule has 1 aromatic heterocycles. The van der Waals surface area contributed by atoms with E-state index in [2.05, 4.69) is 41.3 Å². The lowest BCUT2D eigenvalue weighted by Gasteiger charge is -2.31. The van der Waals surface area contributed by atoms with Gasteiger partial charge in [-0.2, -0.15) is 0 Å². The van der Waals surface area contributed by atoms with Gasteiger partial charge in [-0.3, -0.25) is 9.89 Å². The summed E-state index contributed by atoms with van der Waals surface area (Å²) in [4.78, 5) is 13.1. The number of thiazole rings is 1. The molecule has 1 aliphatic heterocycles. The summed E-state index contributed by atoms with van der Waals surface area (Å²) in [5.41, 5.74) is 1.93. The second-order valence-electron chi connectivity index (χ2n) is 7.96. The van der Waals surface area contributed by atoms with E-state index in [1.165, 1.54) is 9.88 Å². The standard InChI is InChI=1S/C23H34FN5S.HI/c1-4-25-23(26-12-9-22-28-17(2)18(3)30-22)27-15-19-10-13-29(14-11-19)16-20-7-5-6-8-21(20)24;/h5-8,19H,4,9-16H2,1-3H3,(H2,25,26,27);1H. The quantitative estimate of drug-likeness (QED) is 0.284. The van der Waals surface area contributed by atoms with Crippen molar-refractivity contribution in [3.8, 4) is 0 Å². The Morgan fingerprint density at radius 3 is 2.61 bits per heavy atom. The first-order valence-electron chi connectivity index (χ1n) is 11.0. The van der Waals surface area contributed by atoms with Gasteiger partial charge in [-0.1, -0.05) is 18.2 Å². The van der Waals surface area contributed by atoms with Gasteiger partial charge in [0.15, 0.2) is 5.96 Å². The average Bonchev–Trinajstić information content (AvgIpc) is 3.06. The van der Waals surface area contributed by atoms with Gasteiger partial charge in [0, 0.05) is 43.0 Å². The molecule has 0 unspecified atom stereocenters. The van der Waals surface area contributed by atoms with Gasteiger partial charge in [-0.15, -0.1) is 35.3 Å². The highest BCUT2D eigenvalue weighted by molar-refractivity contribution is 14.0. The smallest absolute Gasteiger partial charge is 0.191 e. The molecule has 31 heavy (non-hydrogen) atoms. The molecule has 2 heterocycles. The molecule has 8 heteroatoms. The largest absolute Gasteiger partial charge is 0.357 e. The zero-order chi connectivity index (χ0) is 21.3. The van der Waals surface area contributed by atoms with Gasteiger partial charge in [0.2, 0.25) is 0 Å². The van der Waals surface area contributed by atoms with Crippen LogP contribution in [0.25, 0.3) is 0 Å². The zero-order valence-electron chi connectivity index (χ0n) is 18.8. The predicted molar refractivity (Wildman–Crippen MR) is 139 cm³/mol. The van der Waals surface area contributed by atoms with Crippen LogP contribution in [0.2, 0.25) is 0 Å². The number of aromatic nitrogens is 1. The molecule has 0 amide bonds. The van der Waals surface area contributed by atoms with E-state index in [0.29, 0.717) is 12.5 Å². The first-order chi connectivity index (χ1) is 14.5. The van der Waals surface area contributed by atoms with Crippen LogP contribution in [0, 0.1) is 25.6 Å². The van der Waals surface area contributed by atoms with Crippen molar-refractivity contribution in [3.05, 3.63) is 51.2 Å². The molecule has 0 radical (unpaired) electrons. The molecule has 0 spiro atoms. The van der Waals surface area contributed by atoms with Crippen molar-refractivity contribution in [2.24, 2.45) is 10.9 Å². The minimum Gasteiger partial charge on any atom is -0.357 e. The lowest BCUT2D eigenvalue weighted by Crippen LogP contribution is -2.39. The highest BCUT2D eigenvalue weighted by Gasteiger charge is 2.20. The average molecular weight is 560 g/mol. The fraction of sp³-hybridized carbons (Fsp3) is 0.565. The number of hydrogen-bond acceptors (Lipinski definition) is 4. The van der Waals surface area contributed by atoms with Crippen LogP contribution in [0.5, 0.6) is 0 Å². The molecule has 2 N–H and O–H groups in total. The monoisotopic (exact) mass is 559 g/mol. The summed E-state index contributed by atoms with van der Waals surface area (Å²) in [6.07, 6.45) is 3.13. The van der Waals surface area contributed by atoms with E-state index in [-0.39, 0.29) is 29.8 Å². The third-order valence-electron chi connectivity index (χ3n) is 5.61. The number of aliphatic imine (C=N–C) groups is 1. The number of rotatable bonds is 8. The number of hydrogen-bond donors (Lipinski definition) is 2. The highest BCUT2D eigenvalue weighted by Crippen LogP contribution is 2.20. The number of guanidine groups is 1. The van der Waals surface area contributed by atoms with E-state index in [9.17, 15) is 4.39 Å². The van der Waals surface area contributed by atoms with E-state index < -0.39 is 0 Å². The molecule has 1 aliphatic rings. The topological polar surface area (TPSA) is 52.6 Å². The Hall–Kier alpha value is -1.26. The summed E-state index contributed by atoms with van der Waals surface area (Å²) in [5.74, 6) is 1.37. The number of likely N-dealkylation sites (tertiary alicyclic amines) is 1. The maximum Gasteiger partial charge on any atom is 0.191 e. The van der Waals surface area contributed by atoms with E-state index in [4.69, 9.17) is 4.99 Å². The van der Waals surface area contributed by atoms with Crippen molar-refractivity contribution in [3.63, 3.8) is 0 Å². The van der Waals surface area contributed by atoms with E-state index in [1.807, 2.05) is 12.1 Å². The van der Waals surface area contributed by atoms with Gasteiger partial charge in [-0.25, -0.2) is 9.37 Å². The molecule has 1 saturated heterocycles. The third kappa shape index (κ3) is 8.31. The van der Waals surface area contributed by atoms with E-state index >= 15 is 0 Å². The minimum absolute atomic E-state index is 0. The Morgan fingerprint density at radius 1 is 1.23 bits per heavy atom. The van der Waals surface area contributed by atoms with Crippen LogP contribution in [0.4, 0.5) is 4.39 Å². The molecular weight excluding hydrogens is 524 g/mol. The second-order valence-corrected chi connectivity index (χ2v) is 9.24. The Bertz CT molecular complexity index is 814. The van der Waals surface area contributed by atoms with Crippen LogP contribution >= 0.6 is 35.3 Å². The maximum absolute atomic E-state index is 13.9. The van der Waals surface area contributed by atoms with Gasteiger partial charge in [0.05, 0.1) is 10.7 Å². The van der Waals surface area contributed by atoms with Gasteiger partial charge in [-0.05, 0) is 58.7 Å². The highest BCUT2D eigenvalue weighted by atomic mass is 127. The van der Waals surface area contributed by atoms with Crippen LogP contribution in [0.1, 0.15) is 40.9 Å². The van der Waals surface area contributed by atoms with E-state index in [1.54, 1.807) is 23.5 Å². The number of aryl methyl sites for hydroxylation is 2. The number of piperidine rings is 1. The number of benzene rings is 1. The molecule has 1 fully saturated rings. The number of halogens is 2. The number of nitrogens with zero attached hydrogens (tertiary/aromatic N) is 3. The molecule has 0 aliphatic carbocycles. The summed E-state index contributed by atoms with van der Waals surface area (Å²) in [6.45, 7) is 11.5. The van der Waals surface area contributed by atoms with Crippen molar-refractivity contribution in [2.45, 2.75) is 46.6 Å². The Kier molecular flexibility index (Phi) is 11.2. The molecule has 1 aromatic carbocycles. The summed E-state index contributed by atoms with van der Waals surface area (Å²) in [5, 5.41) is 7.96. The SMILES string of the molecule is CCNC(=NCC1CCN(Cc2ccccc2F)CC1)NCCc1nc(C)c(C)s1.I. The van der Waals surface area contributed by atoms with Crippen molar-refractivity contribution in [2.75, 3.05) is 32.7 Å². The van der Waals surface area contributed by atoms with Crippen LogP contribution in [0.3, 0.4) is 0 Å². The first-order valence-corrected chi connectivity index (χ1v) is 11.8. The van der Waals surface area contributed by atoms with E-state index in [0.717, 1.165) is 69.2 Å². The van der Waals surface area contributed by atoms with Gasteiger partial charge in [0.1, 0.15) is 5.82 Å². The minimum atomic E-state index is -0.103. The summed E-state index contributed by atoms with van der Waals surface area (Å²) in [7, 11) is 0. The van der Waals surface area contributed by atoms with Gasteiger partial charge >= 0.3 is 0 Å². The summed E-state index contributed by atoms with van der Waals surface area (Å²) < 4.78 is 13.9. The molecule has 5 nitrogen and oxygen atoms in total. The molecule has 0 saturated carbocycles.